The van der Waals surface area contributed by atoms with Crippen LogP contribution in [0.15, 0.2) is 60.7 Å². The Morgan fingerprint density at radius 2 is 1.17 bits per heavy atom. The van der Waals surface area contributed by atoms with Gasteiger partial charge in [0.2, 0.25) is 0 Å². The van der Waals surface area contributed by atoms with Gasteiger partial charge in [0.25, 0.3) is 0 Å². The van der Waals surface area contributed by atoms with Crippen LogP contribution in [0.5, 0.6) is 0 Å². The van der Waals surface area contributed by atoms with Gasteiger partial charge in [-0.25, -0.2) is 0 Å². The van der Waals surface area contributed by atoms with E-state index in [9.17, 15) is 0 Å². The summed E-state index contributed by atoms with van der Waals surface area (Å²) in [5.74, 6) is 0. The lowest BCUT2D eigenvalue weighted by Gasteiger charge is -2.28. The van der Waals surface area contributed by atoms with Crippen LogP contribution < -0.4 is 5.32 Å². The van der Waals surface area contributed by atoms with Crippen molar-refractivity contribution in [2.24, 2.45) is 0 Å². The van der Waals surface area contributed by atoms with E-state index in [0.717, 1.165) is 5.69 Å². The Bertz CT molecular complexity index is 432. The summed E-state index contributed by atoms with van der Waals surface area (Å²) in [6.45, 7) is 8.38. The summed E-state index contributed by atoms with van der Waals surface area (Å²) in [5, 5.41) is 3.53. The third-order valence-electron chi connectivity index (χ3n) is 2.73. The van der Waals surface area contributed by atoms with Crippen molar-refractivity contribution in [3.63, 3.8) is 0 Å². The Labute approximate surface area is 111 Å². The Balaban J connectivity index is 0.000000771. The summed E-state index contributed by atoms with van der Waals surface area (Å²) in [6, 6.07) is 20.8. The lowest BCUT2D eigenvalue weighted by Crippen LogP contribution is -2.27. The average molecular weight is 241 g/mol. The predicted octanol–water partition coefficient (Wildman–Crippen LogP) is 5.06. The first-order chi connectivity index (χ1) is 8.68. The van der Waals surface area contributed by atoms with Crippen molar-refractivity contribution in [3.8, 4) is 0 Å². The van der Waals surface area contributed by atoms with Crippen molar-refractivity contribution in [1.29, 1.82) is 0 Å². The van der Waals surface area contributed by atoms with Crippen molar-refractivity contribution in [1.82, 2.24) is 0 Å². The van der Waals surface area contributed by atoms with E-state index in [2.05, 4.69) is 55.6 Å². The number of hydrogen-bond donors (Lipinski definition) is 1. The molecule has 96 valence electrons. The fraction of sp³-hybridized carbons (Fsp3) is 0.294. The Morgan fingerprint density at radius 1 is 0.722 bits per heavy atom. The van der Waals surface area contributed by atoms with Gasteiger partial charge in [-0.15, -0.1) is 0 Å². The van der Waals surface area contributed by atoms with Crippen LogP contribution in [-0.4, -0.2) is 0 Å². The smallest absolute Gasteiger partial charge is 0.0569 e. The second-order valence-electron chi connectivity index (χ2n) is 4.48. The number of rotatable bonds is 3. The van der Waals surface area contributed by atoms with Crippen molar-refractivity contribution in [3.05, 3.63) is 66.2 Å². The molecule has 2 aromatic rings. The van der Waals surface area contributed by atoms with Crippen LogP contribution in [0.25, 0.3) is 0 Å². The summed E-state index contributed by atoms with van der Waals surface area (Å²) in [6.07, 6.45) is 0. The quantitative estimate of drug-likeness (QED) is 0.792. The maximum atomic E-state index is 3.53. The molecule has 0 radical (unpaired) electrons. The zero-order valence-electron chi connectivity index (χ0n) is 11.8. The molecule has 2 aromatic carbocycles. The fourth-order valence-electron chi connectivity index (χ4n) is 1.81. The van der Waals surface area contributed by atoms with Gasteiger partial charge in [0.05, 0.1) is 5.54 Å². The zero-order chi connectivity index (χ0) is 13.4. The zero-order valence-corrected chi connectivity index (χ0v) is 11.8. The maximum absolute atomic E-state index is 3.53. The van der Waals surface area contributed by atoms with Gasteiger partial charge in [-0.1, -0.05) is 62.4 Å². The van der Waals surface area contributed by atoms with Gasteiger partial charge < -0.3 is 5.32 Å². The molecule has 0 atom stereocenters. The average Bonchev–Trinajstić information content (AvgIpc) is 2.43. The van der Waals surface area contributed by atoms with E-state index in [1.807, 2.05) is 38.1 Å². The van der Waals surface area contributed by atoms with Gasteiger partial charge in [-0.2, -0.15) is 0 Å². The lowest BCUT2D eigenvalue weighted by atomic mass is 9.94. The maximum Gasteiger partial charge on any atom is 0.0569 e. The summed E-state index contributed by atoms with van der Waals surface area (Å²) in [4.78, 5) is 0. The molecule has 0 bridgehead atoms. The first-order valence-electron chi connectivity index (χ1n) is 6.57. The van der Waals surface area contributed by atoms with Crippen LogP contribution in [0, 0.1) is 0 Å². The first kappa shape index (κ1) is 14.3. The normalized spacial score (nSPS) is 10.2. The summed E-state index contributed by atoms with van der Waals surface area (Å²) < 4.78 is 0. The largest absolute Gasteiger partial charge is 0.376 e. The van der Waals surface area contributed by atoms with E-state index >= 15 is 0 Å². The van der Waals surface area contributed by atoms with E-state index in [1.165, 1.54) is 5.56 Å². The molecule has 1 nitrogen and oxygen atoms in total. The first-order valence-corrected chi connectivity index (χ1v) is 6.57. The molecule has 0 saturated heterocycles. The molecular formula is C17H23N. The van der Waals surface area contributed by atoms with Crippen molar-refractivity contribution in [2.75, 3.05) is 5.32 Å². The topological polar surface area (TPSA) is 12.0 Å². The summed E-state index contributed by atoms with van der Waals surface area (Å²) in [7, 11) is 0. The minimum atomic E-state index is -0.0530. The minimum Gasteiger partial charge on any atom is -0.376 e. The molecule has 1 heteroatoms. The molecule has 0 unspecified atom stereocenters. The molecule has 0 heterocycles. The predicted molar refractivity (Wildman–Crippen MR) is 80.9 cm³/mol. The highest BCUT2D eigenvalue weighted by Crippen LogP contribution is 2.24. The number of hydrogen-bond acceptors (Lipinski definition) is 1. The van der Waals surface area contributed by atoms with Gasteiger partial charge in [0, 0.05) is 5.69 Å². The van der Waals surface area contributed by atoms with Crippen LogP contribution in [0.2, 0.25) is 0 Å². The molecule has 2 rings (SSSR count). The van der Waals surface area contributed by atoms with E-state index < -0.39 is 0 Å². The minimum absolute atomic E-state index is 0.0530. The van der Waals surface area contributed by atoms with Crippen LogP contribution in [0.1, 0.15) is 33.3 Å². The van der Waals surface area contributed by atoms with Gasteiger partial charge in [0.1, 0.15) is 0 Å². The van der Waals surface area contributed by atoms with E-state index in [0.29, 0.717) is 0 Å². The standard InChI is InChI=1S/C15H17N.C2H6/c1-15(2,13-9-5-3-6-10-13)16-14-11-7-4-8-12-14;1-2/h3-12,16H,1-2H3;1-2H3. The summed E-state index contributed by atoms with van der Waals surface area (Å²) in [5.41, 5.74) is 2.39. The number of anilines is 1. The molecule has 0 saturated carbocycles. The summed E-state index contributed by atoms with van der Waals surface area (Å²) >= 11 is 0. The van der Waals surface area contributed by atoms with Gasteiger partial charge >= 0.3 is 0 Å². The second-order valence-corrected chi connectivity index (χ2v) is 4.48. The van der Waals surface area contributed by atoms with Crippen LogP contribution in [0.4, 0.5) is 5.69 Å². The van der Waals surface area contributed by atoms with Crippen LogP contribution in [-0.2, 0) is 5.54 Å². The highest BCUT2D eigenvalue weighted by Gasteiger charge is 2.19. The molecule has 1 N–H and O–H groups in total. The Hall–Kier alpha value is -1.76. The van der Waals surface area contributed by atoms with Crippen LogP contribution >= 0.6 is 0 Å². The number of benzene rings is 2. The fourth-order valence-corrected chi connectivity index (χ4v) is 1.81. The van der Waals surface area contributed by atoms with Gasteiger partial charge in [-0.3, -0.25) is 0 Å². The van der Waals surface area contributed by atoms with E-state index in [-0.39, 0.29) is 5.54 Å². The molecule has 0 aliphatic carbocycles. The molecule has 0 amide bonds. The van der Waals surface area contributed by atoms with Crippen molar-refractivity contribution >= 4 is 5.69 Å². The van der Waals surface area contributed by atoms with Gasteiger partial charge in [-0.05, 0) is 31.5 Å². The monoisotopic (exact) mass is 241 g/mol. The molecular weight excluding hydrogens is 218 g/mol. The second kappa shape index (κ2) is 6.85. The molecule has 0 aromatic heterocycles. The highest BCUT2D eigenvalue weighted by atomic mass is 15.0. The van der Waals surface area contributed by atoms with Crippen molar-refractivity contribution < 1.29 is 0 Å². The number of nitrogens with one attached hydrogen (secondary N) is 1. The molecule has 0 spiro atoms. The van der Waals surface area contributed by atoms with E-state index in [4.69, 9.17) is 0 Å². The van der Waals surface area contributed by atoms with Crippen molar-refractivity contribution in [2.45, 2.75) is 33.2 Å². The Kier molecular flexibility index (Phi) is 5.44. The Morgan fingerprint density at radius 3 is 1.67 bits per heavy atom. The highest BCUT2D eigenvalue weighted by molar-refractivity contribution is 5.47. The molecule has 0 aliphatic heterocycles. The van der Waals surface area contributed by atoms with Crippen LogP contribution in [0.3, 0.4) is 0 Å². The molecule has 0 aliphatic rings. The lowest BCUT2D eigenvalue weighted by molar-refractivity contribution is 0.609. The SMILES string of the molecule is CC.CC(C)(Nc1ccccc1)c1ccccc1. The third kappa shape index (κ3) is 3.92. The van der Waals surface area contributed by atoms with Gasteiger partial charge in [0.15, 0.2) is 0 Å². The third-order valence-corrected chi connectivity index (χ3v) is 2.73. The van der Waals surface area contributed by atoms with E-state index in [1.54, 1.807) is 0 Å². The molecule has 0 fully saturated rings. The number of para-hydroxylation sites is 1. The molecule has 18 heavy (non-hydrogen) atoms.